The van der Waals surface area contributed by atoms with Gasteiger partial charge in [-0.3, -0.25) is 0 Å². The summed E-state index contributed by atoms with van der Waals surface area (Å²) in [5.41, 5.74) is 8.71. The minimum absolute atomic E-state index is 0.0409. The van der Waals surface area contributed by atoms with Gasteiger partial charge in [-0.2, -0.15) is 4.31 Å². The summed E-state index contributed by atoms with van der Waals surface area (Å²) in [6.07, 6.45) is 2.17. The second kappa shape index (κ2) is 6.87. The summed E-state index contributed by atoms with van der Waals surface area (Å²) in [6.45, 7) is 5.73. The number of rotatable bonds is 5. The summed E-state index contributed by atoms with van der Waals surface area (Å²) in [6, 6.07) is 8.25. The highest BCUT2D eigenvalue weighted by Gasteiger charge is 2.23. The van der Waals surface area contributed by atoms with E-state index in [-0.39, 0.29) is 6.04 Å². The van der Waals surface area contributed by atoms with Crippen LogP contribution in [-0.4, -0.2) is 56.6 Å². The molecule has 5 nitrogen and oxygen atoms in total. The van der Waals surface area contributed by atoms with E-state index in [0.29, 0.717) is 13.1 Å². The molecule has 0 aromatic heterocycles. The predicted octanol–water partition coefficient (Wildman–Crippen LogP) is 0.962. The molecule has 0 spiro atoms. The normalized spacial score (nSPS) is 19.6. The van der Waals surface area contributed by atoms with Crippen LogP contribution in [0.3, 0.4) is 0 Å². The van der Waals surface area contributed by atoms with Crippen LogP contribution in [0.5, 0.6) is 0 Å². The van der Waals surface area contributed by atoms with Crippen LogP contribution in [0, 0.1) is 6.92 Å². The summed E-state index contributed by atoms with van der Waals surface area (Å²) in [5.74, 6) is 0. The van der Waals surface area contributed by atoms with Crippen molar-refractivity contribution in [3.05, 3.63) is 35.4 Å². The largest absolute Gasteiger partial charge is 0.324 e. The van der Waals surface area contributed by atoms with Crippen LogP contribution >= 0.6 is 0 Å². The molecule has 118 valence electrons. The molecule has 6 heteroatoms. The first-order chi connectivity index (χ1) is 9.88. The van der Waals surface area contributed by atoms with E-state index >= 15 is 0 Å². The Morgan fingerprint density at radius 1 is 1.19 bits per heavy atom. The molecule has 1 aliphatic heterocycles. The van der Waals surface area contributed by atoms with Crippen LogP contribution in [0.4, 0.5) is 0 Å². The molecule has 0 radical (unpaired) electrons. The standard InChI is InChI=1S/C15H25N3O2S/c1-13-5-3-4-6-14(13)15(16)7-8-17-9-11-18(12-10-17)21(2,19)20/h3-6,15H,7-12,16H2,1-2H3. The Kier molecular flexibility index (Phi) is 5.37. The monoisotopic (exact) mass is 311 g/mol. The Balaban J connectivity index is 1.81. The van der Waals surface area contributed by atoms with Crippen molar-refractivity contribution >= 4 is 10.0 Å². The van der Waals surface area contributed by atoms with Gasteiger partial charge in [0.1, 0.15) is 0 Å². The van der Waals surface area contributed by atoms with Crippen molar-refractivity contribution in [2.45, 2.75) is 19.4 Å². The lowest BCUT2D eigenvalue weighted by atomic mass is 9.99. The fourth-order valence-electron chi connectivity index (χ4n) is 2.76. The van der Waals surface area contributed by atoms with Gasteiger partial charge in [0.2, 0.25) is 10.0 Å². The first-order valence-corrected chi connectivity index (χ1v) is 9.21. The van der Waals surface area contributed by atoms with Crippen molar-refractivity contribution in [1.82, 2.24) is 9.21 Å². The molecule has 1 heterocycles. The van der Waals surface area contributed by atoms with Crippen molar-refractivity contribution in [3.8, 4) is 0 Å². The SMILES string of the molecule is Cc1ccccc1C(N)CCN1CCN(S(C)(=O)=O)CC1. The highest BCUT2D eigenvalue weighted by molar-refractivity contribution is 7.88. The molecule has 0 aliphatic carbocycles. The van der Waals surface area contributed by atoms with Gasteiger partial charge in [0.25, 0.3) is 0 Å². The van der Waals surface area contributed by atoms with Crippen molar-refractivity contribution in [2.75, 3.05) is 39.0 Å². The van der Waals surface area contributed by atoms with E-state index < -0.39 is 10.0 Å². The minimum atomic E-state index is -3.05. The van der Waals surface area contributed by atoms with E-state index in [2.05, 4.69) is 24.0 Å². The average molecular weight is 311 g/mol. The molecular weight excluding hydrogens is 286 g/mol. The minimum Gasteiger partial charge on any atom is -0.324 e. The lowest BCUT2D eigenvalue weighted by molar-refractivity contribution is 0.184. The Morgan fingerprint density at radius 2 is 1.81 bits per heavy atom. The third kappa shape index (κ3) is 4.51. The van der Waals surface area contributed by atoms with Gasteiger partial charge in [-0.25, -0.2) is 8.42 Å². The average Bonchev–Trinajstić information content (AvgIpc) is 2.45. The van der Waals surface area contributed by atoms with Crippen molar-refractivity contribution in [2.24, 2.45) is 5.73 Å². The molecule has 1 saturated heterocycles. The molecule has 2 N–H and O–H groups in total. The van der Waals surface area contributed by atoms with Crippen LogP contribution in [0.2, 0.25) is 0 Å². The highest BCUT2D eigenvalue weighted by Crippen LogP contribution is 2.18. The number of hydrogen-bond donors (Lipinski definition) is 1. The number of sulfonamides is 1. The van der Waals surface area contributed by atoms with E-state index in [1.54, 1.807) is 4.31 Å². The van der Waals surface area contributed by atoms with Crippen LogP contribution < -0.4 is 5.73 Å². The summed E-state index contributed by atoms with van der Waals surface area (Å²) in [5, 5.41) is 0. The van der Waals surface area contributed by atoms with Gasteiger partial charge >= 0.3 is 0 Å². The van der Waals surface area contributed by atoms with Gasteiger partial charge in [-0.05, 0) is 24.5 Å². The molecule has 1 atom stereocenters. The molecule has 1 aromatic carbocycles. The van der Waals surface area contributed by atoms with Crippen LogP contribution in [0.15, 0.2) is 24.3 Å². The Labute approximate surface area is 127 Å². The quantitative estimate of drug-likeness (QED) is 0.879. The summed E-state index contributed by atoms with van der Waals surface area (Å²) in [4.78, 5) is 2.29. The molecule has 0 bridgehead atoms. The number of benzene rings is 1. The molecule has 0 amide bonds. The number of piperazine rings is 1. The lowest BCUT2D eigenvalue weighted by Crippen LogP contribution is -2.48. The van der Waals surface area contributed by atoms with E-state index in [4.69, 9.17) is 5.73 Å². The van der Waals surface area contributed by atoms with Crippen LogP contribution in [0.1, 0.15) is 23.6 Å². The summed E-state index contributed by atoms with van der Waals surface area (Å²) >= 11 is 0. The molecule has 2 rings (SSSR count). The molecule has 21 heavy (non-hydrogen) atoms. The van der Waals surface area contributed by atoms with Gasteiger partial charge in [-0.15, -0.1) is 0 Å². The number of aryl methyl sites for hydroxylation is 1. The predicted molar refractivity (Wildman–Crippen MR) is 85.6 cm³/mol. The molecule has 1 unspecified atom stereocenters. The van der Waals surface area contributed by atoms with E-state index in [1.165, 1.54) is 17.4 Å². The summed E-state index contributed by atoms with van der Waals surface area (Å²) < 4.78 is 24.5. The lowest BCUT2D eigenvalue weighted by Gasteiger charge is -2.33. The Hall–Kier alpha value is -0.950. The first kappa shape index (κ1) is 16.4. The smallest absolute Gasteiger partial charge is 0.211 e. The van der Waals surface area contributed by atoms with Crippen molar-refractivity contribution in [1.29, 1.82) is 0 Å². The molecule has 1 fully saturated rings. The maximum Gasteiger partial charge on any atom is 0.211 e. The van der Waals surface area contributed by atoms with Crippen molar-refractivity contribution < 1.29 is 8.42 Å². The van der Waals surface area contributed by atoms with Gasteiger partial charge in [-0.1, -0.05) is 24.3 Å². The van der Waals surface area contributed by atoms with E-state index in [1.807, 2.05) is 12.1 Å². The van der Waals surface area contributed by atoms with Crippen molar-refractivity contribution in [3.63, 3.8) is 0 Å². The zero-order chi connectivity index (χ0) is 15.5. The van der Waals surface area contributed by atoms with Gasteiger partial charge < -0.3 is 10.6 Å². The fraction of sp³-hybridized carbons (Fsp3) is 0.600. The molecule has 1 aliphatic rings. The molecule has 1 aromatic rings. The van der Waals surface area contributed by atoms with Gasteiger partial charge in [0.05, 0.1) is 6.26 Å². The van der Waals surface area contributed by atoms with Crippen LogP contribution in [0.25, 0.3) is 0 Å². The maximum absolute atomic E-state index is 11.5. The third-order valence-corrected chi connectivity index (χ3v) is 5.45. The zero-order valence-electron chi connectivity index (χ0n) is 12.8. The van der Waals surface area contributed by atoms with Gasteiger partial charge in [0, 0.05) is 38.8 Å². The topological polar surface area (TPSA) is 66.6 Å². The molecule has 0 saturated carbocycles. The second-order valence-corrected chi connectivity index (χ2v) is 7.74. The number of nitrogens with zero attached hydrogens (tertiary/aromatic N) is 2. The first-order valence-electron chi connectivity index (χ1n) is 7.36. The number of nitrogens with two attached hydrogens (primary N) is 1. The third-order valence-electron chi connectivity index (χ3n) is 4.14. The zero-order valence-corrected chi connectivity index (χ0v) is 13.6. The number of hydrogen-bond acceptors (Lipinski definition) is 4. The Bertz CT molecular complexity index is 566. The van der Waals surface area contributed by atoms with Gasteiger partial charge in [0.15, 0.2) is 0 Å². The van der Waals surface area contributed by atoms with E-state index in [0.717, 1.165) is 26.1 Å². The van der Waals surface area contributed by atoms with Crippen LogP contribution in [-0.2, 0) is 10.0 Å². The maximum atomic E-state index is 11.5. The Morgan fingerprint density at radius 3 is 2.38 bits per heavy atom. The second-order valence-electron chi connectivity index (χ2n) is 5.76. The fourth-order valence-corrected chi connectivity index (χ4v) is 3.59. The van der Waals surface area contributed by atoms with E-state index in [9.17, 15) is 8.42 Å². The summed E-state index contributed by atoms with van der Waals surface area (Å²) in [7, 11) is -3.05. The molecular formula is C15H25N3O2S. The highest BCUT2D eigenvalue weighted by atomic mass is 32.2.